The van der Waals surface area contributed by atoms with E-state index in [4.69, 9.17) is 5.73 Å². The SMILES string of the molecule is N[C@@H]1CCCC[C@H]1NC(=O)c1ccc(=O)[nH]c1. The van der Waals surface area contributed by atoms with Gasteiger partial charge in [-0.1, -0.05) is 12.8 Å². The normalized spacial score (nSPS) is 24.3. The molecule has 1 aliphatic carbocycles. The maximum atomic E-state index is 11.9. The zero-order valence-corrected chi connectivity index (χ0v) is 9.61. The molecule has 1 amide bonds. The number of pyridine rings is 1. The number of nitrogens with two attached hydrogens (primary N) is 1. The maximum Gasteiger partial charge on any atom is 0.253 e. The molecule has 92 valence electrons. The van der Waals surface area contributed by atoms with Gasteiger partial charge in [0.15, 0.2) is 0 Å². The Morgan fingerprint density at radius 1 is 1.35 bits per heavy atom. The Bertz CT molecular complexity index is 435. The van der Waals surface area contributed by atoms with Crippen molar-refractivity contribution in [1.82, 2.24) is 10.3 Å². The summed E-state index contributed by atoms with van der Waals surface area (Å²) in [5.41, 5.74) is 6.21. The van der Waals surface area contributed by atoms with Crippen LogP contribution < -0.4 is 16.6 Å². The molecule has 1 saturated carbocycles. The van der Waals surface area contributed by atoms with Crippen LogP contribution in [0.5, 0.6) is 0 Å². The number of amides is 1. The first-order chi connectivity index (χ1) is 8.16. The number of hydrogen-bond acceptors (Lipinski definition) is 3. The third-order valence-corrected chi connectivity index (χ3v) is 3.18. The predicted octanol–water partition coefficient (Wildman–Crippen LogP) is 0.375. The van der Waals surface area contributed by atoms with Gasteiger partial charge in [0.25, 0.3) is 5.91 Å². The smallest absolute Gasteiger partial charge is 0.253 e. The van der Waals surface area contributed by atoms with Crippen molar-refractivity contribution < 1.29 is 4.79 Å². The van der Waals surface area contributed by atoms with E-state index in [0.29, 0.717) is 5.56 Å². The van der Waals surface area contributed by atoms with Crippen LogP contribution >= 0.6 is 0 Å². The first-order valence-electron chi connectivity index (χ1n) is 5.92. The maximum absolute atomic E-state index is 11.9. The summed E-state index contributed by atoms with van der Waals surface area (Å²) in [4.78, 5) is 25.2. The lowest BCUT2D eigenvalue weighted by molar-refractivity contribution is 0.0921. The van der Waals surface area contributed by atoms with Crippen molar-refractivity contribution in [3.8, 4) is 0 Å². The van der Waals surface area contributed by atoms with E-state index in [1.54, 1.807) is 0 Å². The zero-order chi connectivity index (χ0) is 12.3. The molecular formula is C12H17N3O2. The molecule has 5 nitrogen and oxygen atoms in total. The highest BCUT2D eigenvalue weighted by atomic mass is 16.2. The number of aromatic nitrogens is 1. The lowest BCUT2D eigenvalue weighted by Gasteiger charge is -2.29. The van der Waals surface area contributed by atoms with Crippen LogP contribution in [0.4, 0.5) is 0 Å². The molecule has 17 heavy (non-hydrogen) atoms. The molecule has 2 rings (SSSR count). The number of aromatic amines is 1. The van der Waals surface area contributed by atoms with Crippen LogP contribution in [0, 0.1) is 0 Å². The van der Waals surface area contributed by atoms with Gasteiger partial charge in [-0.05, 0) is 18.9 Å². The number of H-pyrrole nitrogens is 1. The molecule has 1 aliphatic rings. The summed E-state index contributed by atoms with van der Waals surface area (Å²) in [6.45, 7) is 0. The average Bonchev–Trinajstić information content (AvgIpc) is 2.33. The minimum Gasteiger partial charge on any atom is -0.348 e. The molecular weight excluding hydrogens is 218 g/mol. The summed E-state index contributed by atoms with van der Waals surface area (Å²) in [6, 6.07) is 2.94. The Morgan fingerprint density at radius 2 is 2.12 bits per heavy atom. The minimum atomic E-state index is -0.212. The molecule has 5 heteroatoms. The number of rotatable bonds is 2. The van der Waals surface area contributed by atoms with Gasteiger partial charge in [-0.3, -0.25) is 9.59 Å². The van der Waals surface area contributed by atoms with Crippen LogP contribution in [0.3, 0.4) is 0 Å². The molecule has 1 aromatic heterocycles. The molecule has 1 aromatic rings. The third-order valence-electron chi connectivity index (χ3n) is 3.18. The van der Waals surface area contributed by atoms with Crippen molar-refractivity contribution in [3.63, 3.8) is 0 Å². The molecule has 4 N–H and O–H groups in total. The van der Waals surface area contributed by atoms with E-state index >= 15 is 0 Å². The van der Waals surface area contributed by atoms with E-state index in [2.05, 4.69) is 10.3 Å². The molecule has 2 atom stereocenters. The molecule has 0 saturated heterocycles. The molecule has 0 spiro atoms. The van der Waals surface area contributed by atoms with Crippen LogP contribution in [0.2, 0.25) is 0 Å². The molecule has 1 heterocycles. The predicted molar refractivity (Wildman–Crippen MR) is 64.8 cm³/mol. The third kappa shape index (κ3) is 2.94. The van der Waals surface area contributed by atoms with Crippen LogP contribution in [0.15, 0.2) is 23.1 Å². The summed E-state index contributed by atoms with van der Waals surface area (Å²) in [7, 11) is 0. The molecule has 1 fully saturated rings. The first-order valence-corrected chi connectivity index (χ1v) is 5.92. The fourth-order valence-corrected chi connectivity index (χ4v) is 2.14. The number of carbonyl (C=O) groups is 1. The standard InChI is InChI=1S/C12H17N3O2/c13-9-3-1-2-4-10(9)15-12(17)8-5-6-11(16)14-7-8/h5-7,9-10H,1-4,13H2,(H,14,16)(H,15,17)/t9-,10-/m1/s1. The average molecular weight is 235 g/mol. The van der Waals surface area contributed by atoms with Gasteiger partial charge in [0.1, 0.15) is 0 Å². The van der Waals surface area contributed by atoms with Crippen LogP contribution in [-0.4, -0.2) is 23.0 Å². The Kier molecular flexibility index (Phi) is 3.58. The van der Waals surface area contributed by atoms with Gasteiger partial charge in [0.2, 0.25) is 5.56 Å². The second-order valence-electron chi connectivity index (χ2n) is 4.47. The molecule has 0 aliphatic heterocycles. The van der Waals surface area contributed by atoms with E-state index in [1.165, 1.54) is 18.3 Å². The van der Waals surface area contributed by atoms with E-state index in [-0.39, 0.29) is 23.6 Å². The number of hydrogen-bond donors (Lipinski definition) is 3. The Balaban J connectivity index is 2.01. The Hall–Kier alpha value is -1.62. The van der Waals surface area contributed by atoms with Crippen LogP contribution in [0.1, 0.15) is 36.0 Å². The zero-order valence-electron chi connectivity index (χ0n) is 9.61. The van der Waals surface area contributed by atoms with Gasteiger partial charge in [-0.15, -0.1) is 0 Å². The largest absolute Gasteiger partial charge is 0.348 e. The van der Waals surface area contributed by atoms with E-state index in [9.17, 15) is 9.59 Å². The van der Waals surface area contributed by atoms with Crippen LogP contribution in [0.25, 0.3) is 0 Å². The quantitative estimate of drug-likeness (QED) is 0.692. The first kappa shape index (κ1) is 11.9. The Morgan fingerprint density at radius 3 is 2.76 bits per heavy atom. The van der Waals surface area contributed by atoms with Gasteiger partial charge in [-0.25, -0.2) is 0 Å². The fourth-order valence-electron chi connectivity index (χ4n) is 2.14. The molecule has 0 unspecified atom stereocenters. The molecule has 0 bridgehead atoms. The van der Waals surface area contributed by atoms with Crippen molar-refractivity contribution in [2.45, 2.75) is 37.8 Å². The minimum absolute atomic E-state index is 0.0375. The van der Waals surface area contributed by atoms with E-state index in [0.717, 1.165) is 25.7 Å². The highest BCUT2D eigenvalue weighted by molar-refractivity contribution is 5.94. The van der Waals surface area contributed by atoms with Gasteiger partial charge in [-0.2, -0.15) is 0 Å². The Labute approximate surface area is 99.4 Å². The van der Waals surface area contributed by atoms with Crippen molar-refractivity contribution in [1.29, 1.82) is 0 Å². The number of nitrogens with one attached hydrogen (secondary N) is 2. The summed E-state index contributed by atoms with van der Waals surface area (Å²) in [6.07, 6.45) is 5.54. The topological polar surface area (TPSA) is 88.0 Å². The lowest BCUT2D eigenvalue weighted by Crippen LogP contribution is -2.49. The summed E-state index contributed by atoms with van der Waals surface area (Å²) in [5.74, 6) is -0.177. The van der Waals surface area contributed by atoms with Gasteiger partial charge < -0.3 is 16.0 Å². The number of carbonyl (C=O) groups excluding carboxylic acids is 1. The molecule has 0 radical (unpaired) electrons. The van der Waals surface area contributed by atoms with Crippen LogP contribution in [-0.2, 0) is 0 Å². The van der Waals surface area contributed by atoms with Gasteiger partial charge in [0, 0.05) is 24.3 Å². The fraction of sp³-hybridized carbons (Fsp3) is 0.500. The highest BCUT2D eigenvalue weighted by Gasteiger charge is 2.23. The lowest BCUT2D eigenvalue weighted by atomic mass is 9.91. The summed E-state index contributed by atoms with van der Waals surface area (Å²) in [5, 5.41) is 2.92. The van der Waals surface area contributed by atoms with Gasteiger partial charge >= 0.3 is 0 Å². The highest BCUT2D eigenvalue weighted by Crippen LogP contribution is 2.17. The van der Waals surface area contributed by atoms with Crippen molar-refractivity contribution in [3.05, 3.63) is 34.2 Å². The van der Waals surface area contributed by atoms with E-state index < -0.39 is 0 Å². The van der Waals surface area contributed by atoms with Crippen molar-refractivity contribution in [2.75, 3.05) is 0 Å². The van der Waals surface area contributed by atoms with E-state index in [1.807, 2.05) is 0 Å². The monoisotopic (exact) mass is 235 g/mol. The van der Waals surface area contributed by atoms with Crippen molar-refractivity contribution >= 4 is 5.91 Å². The second-order valence-corrected chi connectivity index (χ2v) is 4.47. The molecule has 0 aromatic carbocycles. The van der Waals surface area contributed by atoms with Crippen molar-refractivity contribution in [2.24, 2.45) is 5.73 Å². The van der Waals surface area contributed by atoms with Gasteiger partial charge in [0.05, 0.1) is 5.56 Å². The summed E-state index contributed by atoms with van der Waals surface area (Å²) < 4.78 is 0. The summed E-state index contributed by atoms with van der Waals surface area (Å²) >= 11 is 0. The second kappa shape index (κ2) is 5.14.